The van der Waals surface area contributed by atoms with E-state index in [2.05, 4.69) is 0 Å². The Morgan fingerprint density at radius 3 is 2.26 bits per heavy atom. The normalized spacial score (nSPS) is 21.2. The van der Waals surface area contributed by atoms with Crippen molar-refractivity contribution in [1.29, 1.82) is 0 Å². The van der Waals surface area contributed by atoms with E-state index in [0.29, 0.717) is 0 Å². The van der Waals surface area contributed by atoms with Gasteiger partial charge >= 0.3 is 6.18 Å². The van der Waals surface area contributed by atoms with Crippen molar-refractivity contribution in [2.75, 3.05) is 35.2 Å². The monoisotopic (exact) mass is 296 g/mol. The van der Waals surface area contributed by atoms with Gasteiger partial charge in [0.25, 0.3) is 0 Å². The van der Waals surface area contributed by atoms with Crippen LogP contribution in [-0.2, 0) is 6.18 Å². The molecule has 4 N–H and O–H groups in total. The van der Waals surface area contributed by atoms with Gasteiger partial charge in [0, 0.05) is 24.5 Å². The summed E-state index contributed by atoms with van der Waals surface area (Å²) < 4.78 is 57.8. The zero-order chi connectivity index (χ0) is 14.3. The van der Waals surface area contributed by atoms with Crippen molar-refractivity contribution in [1.82, 2.24) is 0 Å². The molecule has 0 aliphatic carbocycles. The van der Waals surface area contributed by atoms with Crippen molar-refractivity contribution >= 4 is 22.0 Å². The molecule has 108 valence electrons. The van der Waals surface area contributed by atoms with Gasteiger partial charge < -0.3 is 10.6 Å². The minimum atomic E-state index is -4.48. The zero-order valence-electron chi connectivity index (χ0n) is 10.0. The molecule has 8 heteroatoms. The smallest absolute Gasteiger partial charge is 0.399 e. The van der Waals surface area contributed by atoms with Crippen LogP contribution < -0.4 is 10.6 Å². The average Bonchev–Trinajstić information content (AvgIpc) is 2.28. The summed E-state index contributed by atoms with van der Waals surface area (Å²) in [5.74, 6) is 0.184. The van der Waals surface area contributed by atoms with E-state index in [0.717, 1.165) is 6.07 Å². The van der Waals surface area contributed by atoms with Gasteiger partial charge in [0.1, 0.15) is 0 Å². The molecule has 1 heterocycles. The predicted molar refractivity (Wildman–Crippen MR) is 70.7 cm³/mol. The van der Waals surface area contributed by atoms with Gasteiger partial charge in [-0.3, -0.25) is 9.11 Å². The van der Waals surface area contributed by atoms with Crippen LogP contribution in [0.15, 0.2) is 18.2 Å². The molecule has 0 unspecified atom stereocenters. The van der Waals surface area contributed by atoms with Crippen LogP contribution in [0.2, 0.25) is 0 Å². The van der Waals surface area contributed by atoms with Crippen LogP contribution in [-0.4, -0.2) is 33.7 Å². The molecule has 0 radical (unpaired) electrons. The SMILES string of the molecule is Nc1ccc(N2CCS(O)(O)CC2)c(C(F)(F)F)c1. The molecule has 1 aromatic rings. The lowest BCUT2D eigenvalue weighted by atomic mass is 10.1. The van der Waals surface area contributed by atoms with Crippen LogP contribution in [0.4, 0.5) is 24.5 Å². The van der Waals surface area contributed by atoms with Gasteiger partial charge in [-0.25, -0.2) is 0 Å². The number of halogens is 3. The maximum Gasteiger partial charge on any atom is 0.418 e. The van der Waals surface area contributed by atoms with Crippen molar-refractivity contribution in [3.63, 3.8) is 0 Å². The molecule has 1 aliphatic heterocycles. The molecule has 4 nitrogen and oxygen atoms in total. The second-order valence-electron chi connectivity index (χ2n) is 4.47. The molecule has 1 saturated heterocycles. The number of anilines is 2. The van der Waals surface area contributed by atoms with Gasteiger partial charge in [-0.2, -0.15) is 23.8 Å². The lowest BCUT2D eigenvalue weighted by Gasteiger charge is -2.42. The van der Waals surface area contributed by atoms with Crippen LogP contribution in [0, 0.1) is 0 Å². The number of alkyl halides is 3. The van der Waals surface area contributed by atoms with Crippen LogP contribution in [0.3, 0.4) is 0 Å². The van der Waals surface area contributed by atoms with E-state index >= 15 is 0 Å². The third-order valence-corrected chi connectivity index (χ3v) is 4.72. The van der Waals surface area contributed by atoms with E-state index in [1.54, 1.807) is 0 Å². The van der Waals surface area contributed by atoms with Gasteiger partial charge in [0.15, 0.2) is 0 Å². The van der Waals surface area contributed by atoms with E-state index < -0.39 is 22.3 Å². The second-order valence-corrected chi connectivity index (χ2v) is 6.89. The highest BCUT2D eigenvalue weighted by Crippen LogP contribution is 2.44. The molecule has 0 bridgehead atoms. The number of nitrogens with zero attached hydrogens (tertiary/aromatic N) is 1. The van der Waals surface area contributed by atoms with E-state index in [4.69, 9.17) is 5.73 Å². The van der Waals surface area contributed by atoms with Crippen molar-refractivity contribution in [3.8, 4) is 0 Å². The van der Waals surface area contributed by atoms with E-state index in [1.165, 1.54) is 17.0 Å². The number of nitrogen functional groups attached to an aromatic ring is 1. The molecule has 0 amide bonds. The fraction of sp³-hybridized carbons (Fsp3) is 0.455. The topological polar surface area (TPSA) is 69.7 Å². The standard InChI is InChI=1S/C11H15F3N2O2S/c12-11(13,14)9-7-8(15)1-2-10(9)16-3-5-19(17,18)6-4-16/h1-2,7,17-18H,3-6,15H2. The van der Waals surface area contributed by atoms with Crippen LogP contribution in [0.1, 0.15) is 5.56 Å². The summed E-state index contributed by atoms with van der Waals surface area (Å²) in [5.41, 5.74) is 4.71. The fourth-order valence-corrected chi connectivity index (χ4v) is 3.25. The molecule has 0 spiro atoms. The number of rotatable bonds is 1. The van der Waals surface area contributed by atoms with Gasteiger partial charge in [-0.1, -0.05) is 0 Å². The summed E-state index contributed by atoms with van der Waals surface area (Å²) in [6.07, 6.45) is -4.48. The quantitative estimate of drug-likeness (QED) is 0.697. The Hall–Kier alpha value is -1.12. The Bertz CT molecular complexity index is 469. The Morgan fingerprint density at radius 1 is 1.16 bits per heavy atom. The van der Waals surface area contributed by atoms with Crippen molar-refractivity contribution < 1.29 is 22.3 Å². The number of benzene rings is 1. The summed E-state index contributed by atoms with van der Waals surface area (Å²) in [7, 11) is -2.63. The Morgan fingerprint density at radius 2 is 1.74 bits per heavy atom. The first-order valence-electron chi connectivity index (χ1n) is 5.64. The molecule has 0 aromatic heterocycles. The average molecular weight is 296 g/mol. The van der Waals surface area contributed by atoms with Crippen molar-refractivity contribution in [3.05, 3.63) is 23.8 Å². The van der Waals surface area contributed by atoms with Gasteiger partial charge in [0.05, 0.1) is 17.1 Å². The number of nitrogens with two attached hydrogens (primary N) is 1. The van der Waals surface area contributed by atoms with E-state index in [-0.39, 0.29) is 36.0 Å². The molecule has 1 aliphatic rings. The Labute approximate surface area is 110 Å². The zero-order valence-corrected chi connectivity index (χ0v) is 10.8. The fourth-order valence-electron chi connectivity index (χ4n) is 2.02. The second kappa shape index (κ2) is 4.77. The summed E-state index contributed by atoms with van der Waals surface area (Å²) in [6.45, 7) is 0.380. The minimum absolute atomic E-state index is 0.0385. The van der Waals surface area contributed by atoms with Crippen LogP contribution in [0.25, 0.3) is 0 Å². The van der Waals surface area contributed by atoms with Crippen LogP contribution >= 0.6 is 10.6 Å². The summed E-state index contributed by atoms with van der Waals surface area (Å²) in [4.78, 5) is 1.51. The van der Waals surface area contributed by atoms with Crippen LogP contribution in [0.5, 0.6) is 0 Å². The van der Waals surface area contributed by atoms with Gasteiger partial charge in [-0.15, -0.1) is 0 Å². The molecule has 0 atom stereocenters. The van der Waals surface area contributed by atoms with Gasteiger partial charge in [0.2, 0.25) is 0 Å². The number of hydrogen-bond acceptors (Lipinski definition) is 4. The van der Waals surface area contributed by atoms with Crippen molar-refractivity contribution in [2.24, 2.45) is 0 Å². The van der Waals surface area contributed by atoms with Crippen molar-refractivity contribution in [2.45, 2.75) is 6.18 Å². The largest absolute Gasteiger partial charge is 0.418 e. The van der Waals surface area contributed by atoms with E-state index in [1.807, 2.05) is 0 Å². The predicted octanol–water partition coefficient (Wildman–Crippen LogP) is 2.86. The molecule has 1 fully saturated rings. The lowest BCUT2D eigenvalue weighted by molar-refractivity contribution is -0.137. The third-order valence-electron chi connectivity index (χ3n) is 3.04. The Balaban J connectivity index is 2.30. The molecule has 2 rings (SSSR count). The molecule has 1 aromatic carbocycles. The first kappa shape index (κ1) is 14.3. The summed E-state index contributed by atoms with van der Waals surface area (Å²) in [6, 6.07) is 3.65. The maximum absolute atomic E-state index is 13.0. The maximum atomic E-state index is 13.0. The first-order valence-corrected chi connectivity index (χ1v) is 7.53. The van der Waals surface area contributed by atoms with Gasteiger partial charge in [-0.05, 0) is 18.2 Å². The summed E-state index contributed by atoms with van der Waals surface area (Å²) in [5, 5.41) is 0. The highest BCUT2D eigenvalue weighted by molar-refractivity contribution is 8.24. The highest BCUT2D eigenvalue weighted by Gasteiger charge is 2.36. The van der Waals surface area contributed by atoms with E-state index in [9.17, 15) is 22.3 Å². The lowest BCUT2D eigenvalue weighted by Crippen LogP contribution is -2.39. The first-order chi connectivity index (χ1) is 8.69. The highest BCUT2D eigenvalue weighted by atomic mass is 32.3. The molecular formula is C11H15F3N2O2S. The Kier molecular flexibility index (Phi) is 3.59. The molecular weight excluding hydrogens is 281 g/mol. The minimum Gasteiger partial charge on any atom is -0.399 e. The third kappa shape index (κ3) is 3.26. The molecule has 19 heavy (non-hydrogen) atoms. The molecule has 0 saturated carbocycles. The number of hydrogen-bond donors (Lipinski definition) is 3. The summed E-state index contributed by atoms with van der Waals surface area (Å²) >= 11 is 0.